The van der Waals surface area contributed by atoms with Gasteiger partial charge in [0.25, 0.3) is 11.6 Å². The average Bonchev–Trinajstić information content (AvgIpc) is 2.46. The predicted octanol–water partition coefficient (Wildman–Crippen LogP) is 3.19. The van der Waals surface area contributed by atoms with E-state index in [0.29, 0.717) is 17.2 Å². The van der Waals surface area contributed by atoms with Crippen molar-refractivity contribution in [2.24, 2.45) is 0 Å². The standard InChI is InChI=1S/C14H12F2N4O2/c15-14(16)8-19(9-14)13-6-5-10(7-17-13)18-11-3-1-2-4-12(11)20(21)22/h1-7,18H,8-9H2. The second-order valence-corrected chi connectivity index (χ2v) is 5.02. The topological polar surface area (TPSA) is 71.3 Å². The molecule has 22 heavy (non-hydrogen) atoms. The maximum Gasteiger partial charge on any atom is 0.292 e. The number of aromatic nitrogens is 1. The van der Waals surface area contributed by atoms with E-state index in [1.807, 2.05) is 0 Å². The largest absolute Gasteiger partial charge is 0.349 e. The fraction of sp³-hybridized carbons (Fsp3) is 0.214. The van der Waals surface area contributed by atoms with Gasteiger partial charge in [0.05, 0.1) is 29.9 Å². The predicted molar refractivity (Wildman–Crippen MR) is 77.8 cm³/mol. The first-order chi connectivity index (χ1) is 10.4. The van der Waals surface area contributed by atoms with Gasteiger partial charge in [-0.3, -0.25) is 10.1 Å². The molecular formula is C14H12F2N4O2. The number of nitrogens with zero attached hydrogens (tertiary/aromatic N) is 3. The molecule has 0 saturated carbocycles. The van der Waals surface area contributed by atoms with Crippen LogP contribution in [0.15, 0.2) is 42.6 Å². The minimum atomic E-state index is -2.65. The van der Waals surface area contributed by atoms with Gasteiger partial charge in [0.1, 0.15) is 11.5 Å². The lowest BCUT2D eigenvalue weighted by Gasteiger charge is -2.39. The molecule has 6 nitrogen and oxygen atoms in total. The number of nitrogens with one attached hydrogen (secondary N) is 1. The number of alkyl halides is 2. The molecule has 0 radical (unpaired) electrons. The molecule has 0 bridgehead atoms. The van der Waals surface area contributed by atoms with Crippen LogP contribution < -0.4 is 10.2 Å². The molecule has 0 unspecified atom stereocenters. The third-order valence-corrected chi connectivity index (χ3v) is 3.30. The number of nitro groups is 1. The van der Waals surface area contributed by atoms with Gasteiger partial charge >= 0.3 is 0 Å². The van der Waals surface area contributed by atoms with Gasteiger partial charge in [0.15, 0.2) is 0 Å². The number of para-hydroxylation sites is 2. The quantitative estimate of drug-likeness (QED) is 0.694. The van der Waals surface area contributed by atoms with Crippen LogP contribution in [0.5, 0.6) is 0 Å². The zero-order valence-corrected chi connectivity index (χ0v) is 11.4. The SMILES string of the molecule is O=[N+]([O-])c1ccccc1Nc1ccc(N2CC(F)(F)C2)nc1. The molecule has 2 heterocycles. The second kappa shape index (κ2) is 5.21. The summed E-state index contributed by atoms with van der Waals surface area (Å²) in [5.74, 6) is -2.19. The average molecular weight is 306 g/mol. The molecule has 0 atom stereocenters. The Morgan fingerprint density at radius 3 is 2.55 bits per heavy atom. The molecule has 1 fully saturated rings. The first-order valence-corrected chi connectivity index (χ1v) is 6.54. The molecule has 0 amide bonds. The van der Waals surface area contributed by atoms with Crippen molar-refractivity contribution in [3.8, 4) is 0 Å². The fourth-order valence-electron chi connectivity index (χ4n) is 2.22. The maximum absolute atomic E-state index is 12.8. The van der Waals surface area contributed by atoms with Crippen molar-refractivity contribution < 1.29 is 13.7 Å². The Morgan fingerprint density at radius 1 is 1.23 bits per heavy atom. The Hall–Kier alpha value is -2.77. The first kappa shape index (κ1) is 14.2. The second-order valence-electron chi connectivity index (χ2n) is 5.02. The summed E-state index contributed by atoms with van der Waals surface area (Å²) < 4.78 is 25.6. The van der Waals surface area contributed by atoms with Crippen molar-refractivity contribution >= 4 is 22.9 Å². The lowest BCUT2D eigenvalue weighted by molar-refractivity contribution is -0.383. The van der Waals surface area contributed by atoms with E-state index >= 15 is 0 Å². The highest BCUT2D eigenvalue weighted by atomic mass is 19.3. The van der Waals surface area contributed by atoms with Crippen LogP contribution in [-0.2, 0) is 0 Å². The molecular weight excluding hydrogens is 294 g/mol. The number of benzene rings is 1. The van der Waals surface area contributed by atoms with Crippen molar-refractivity contribution in [3.05, 3.63) is 52.7 Å². The molecule has 114 valence electrons. The number of pyridine rings is 1. The lowest BCUT2D eigenvalue weighted by Crippen LogP contribution is -2.56. The number of anilines is 3. The van der Waals surface area contributed by atoms with Crippen LogP contribution >= 0.6 is 0 Å². The van der Waals surface area contributed by atoms with Gasteiger partial charge in [-0.15, -0.1) is 0 Å². The monoisotopic (exact) mass is 306 g/mol. The minimum absolute atomic E-state index is 0.0473. The highest BCUT2D eigenvalue weighted by molar-refractivity contribution is 5.69. The molecule has 3 rings (SSSR count). The zero-order valence-electron chi connectivity index (χ0n) is 11.4. The molecule has 1 aliphatic heterocycles. The van der Waals surface area contributed by atoms with Gasteiger partial charge in [-0.25, -0.2) is 13.8 Å². The van der Waals surface area contributed by atoms with Crippen molar-refractivity contribution in [3.63, 3.8) is 0 Å². The Balaban J connectivity index is 1.73. The van der Waals surface area contributed by atoms with Crippen LogP contribution in [0.3, 0.4) is 0 Å². The van der Waals surface area contributed by atoms with Crippen molar-refractivity contribution in [2.45, 2.75) is 5.92 Å². The first-order valence-electron chi connectivity index (χ1n) is 6.54. The van der Waals surface area contributed by atoms with Crippen LogP contribution in [0, 0.1) is 10.1 Å². The Labute approximate surface area is 124 Å². The summed E-state index contributed by atoms with van der Waals surface area (Å²) >= 11 is 0. The molecule has 1 saturated heterocycles. The molecule has 8 heteroatoms. The zero-order chi connectivity index (χ0) is 15.7. The molecule has 1 aliphatic rings. The van der Waals surface area contributed by atoms with Crippen LogP contribution in [-0.4, -0.2) is 28.9 Å². The molecule has 0 spiro atoms. The molecule has 2 aromatic rings. The normalized spacial score (nSPS) is 16.0. The van der Waals surface area contributed by atoms with Gasteiger partial charge in [-0.2, -0.15) is 0 Å². The summed E-state index contributed by atoms with van der Waals surface area (Å²) in [4.78, 5) is 16.0. The van der Waals surface area contributed by atoms with E-state index in [2.05, 4.69) is 10.3 Å². The van der Waals surface area contributed by atoms with E-state index in [4.69, 9.17) is 0 Å². The molecule has 1 N–H and O–H groups in total. The van der Waals surface area contributed by atoms with Crippen molar-refractivity contribution in [1.82, 2.24) is 4.98 Å². The third-order valence-electron chi connectivity index (χ3n) is 3.30. The van der Waals surface area contributed by atoms with Gasteiger partial charge in [0, 0.05) is 6.07 Å². The lowest BCUT2D eigenvalue weighted by atomic mass is 10.1. The van der Waals surface area contributed by atoms with Crippen molar-refractivity contribution in [2.75, 3.05) is 23.3 Å². The van der Waals surface area contributed by atoms with Crippen molar-refractivity contribution in [1.29, 1.82) is 0 Å². The highest BCUT2D eigenvalue weighted by Gasteiger charge is 2.44. The number of hydrogen-bond donors (Lipinski definition) is 1. The Bertz CT molecular complexity index is 698. The molecule has 0 aliphatic carbocycles. The van der Waals surface area contributed by atoms with Crippen LogP contribution in [0.2, 0.25) is 0 Å². The van der Waals surface area contributed by atoms with Crippen LogP contribution in [0.25, 0.3) is 0 Å². The summed E-state index contributed by atoms with van der Waals surface area (Å²) in [6, 6.07) is 9.49. The Kier molecular flexibility index (Phi) is 3.36. The smallest absolute Gasteiger partial charge is 0.292 e. The number of halogens is 2. The van der Waals surface area contributed by atoms with Gasteiger partial charge in [0.2, 0.25) is 0 Å². The summed E-state index contributed by atoms with van der Waals surface area (Å²) in [6.45, 7) is -0.673. The number of nitro benzene ring substituents is 1. The van der Waals surface area contributed by atoms with E-state index in [1.165, 1.54) is 17.2 Å². The molecule has 1 aromatic carbocycles. The van der Waals surface area contributed by atoms with Gasteiger partial charge < -0.3 is 10.2 Å². The fourth-order valence-corrected chi connectivity index (χ4v) is 2.22. The van der Waals surface area contributed by atoms with Gasteiger partial charge in [-0.05, 0) is 18.2 Å². The third kappa shape index (κ3) is 2.80. The van der Waals surface area contributed by atoms with E-state index < -0.39 is 10.8 Å². The van der Waals surface area contributed by atoms with Crippen LogP contribution in [0.4, 0.5) is 31.7 Å². The van der Waals surface area contributed by atoms with Gasteiger partial charge in [-0.1, -0.05) is 12.1 Å². The summed E-state index contributed by atoms with van der Waals surface area (Å²) in [5.41, 5.74) is 0.844. The summed E-state index contributed by atoms with van der Waals surface area (Å²) in [5, 5.41) is 13.8. The summed E-state index contributed by atoms with van der Waals surface area (Å²) in [7, 11) is 0. The van der Waals surface area contributed by atoms with E-state index in [9.17, 15) is 18.9 Å². The molecule has 1 aromatic heterocycles. The van der Waals surface area contributed by atoms with E-state index in [-0.39, 0.29) is 18.8 Å². The number of rotatable bonds is 4. The van der Waals surface area contributed by atoms with Crippen LogP contribution in [0.1, 0.15) is 0 Å². The minimum Gasteiger partial charge on any atom is -0.349 e. The van der Waals surface area contributed by atoms with E-state index in [0.717, 1.165) is 0 Å². The maximum atomic E-state index is 12.8. The number of hydrogen-bond acceptors (Lipinski definition) is 5. The van der Waals surface area contributed by atoms with E-state index in [1.54, 1.807) is 30.3 Å². The summed E-state index contributed by atoms with van der Waals surface area (Å²) in [6.07, 6.45) is 1.46. The Morgan fingerprint density at radius 2 is 1.95 bits per heavy atom. The highest BCUT2D eigenvalue weighted by Crippen LogP contribution is 2.31.